The first kappa shape index (κ1) is 16.9. The van der Waals surface area contributed by atoms with Crippen molar-refractivity contribution in [3.63, 3.8) is 0 Å². The molecule has 0 unspecified atom stereocenters. The number of amides is 3. The van der Waals surface area contributed by atoms with E-state index >= 15 is 0 Å². The summed E-state index contributed by atoms with van der Waals surface area (Å²) in [6, 6.07) is 11.4. The highest BCUT2D eigenvalue weighted by molar-refractivity contribution is 5.94. The van der Waals surface area contributed by atoms with Crippen LogP contribution in [0.15, 0.2) is 48.5 Å². The molecule has 0 aromatic heterocycles. The molecule has 1 fully saturated rings. The third-order valence-electron chi connectivity index (χ3n) is 4.05. The summed E-state index contributed by atoms with van der Waals surface area (Å²) in [5.74, 6) is -1.61. The average molecular weight is 345 g/mol. The maximum Gasteiger partial charge on any atom is 0.322 e. The van der Waals surface area contributed by atoms with Crippen LogP contribution >= 0.6 is 0 Å². The Bertz CT molecular complexity index is 775. The van der Waals surface area contributed by atoms with E-state index in [2.05, 4.69) is 5.32 Å². The van der Waals surface area contributed by atoms with Gasteiger partial charge >= 0.3 is 6.03 Å². The molecular formula is C18H17F2N3O2. The molecule has 3 amide bonds. The predicted molar refractivity (Wildman–Crippen MR) is 89.3 cm³/mol. The van der Waals surface area contributed by atoms with Gasteiger partial charge in [0.25, 0.3) is 5.91 Å². The summed E-state index contributed by atoms with van der Waals surface area (Å²) >= 11 is 0. The van der Waals surface area contributed by atoms with Gasteiger partial charge in [0.15, 0.2) is 0 Å². The molecule has 7 heteroatoms. The summed E-state index contributed by atoms with van der Waals surface area (Å²) in [4.78, 5) is 27.7. The lowest BCUT2D eigenvalue weighted by molar-refractivity contribution is 0.0671. The Morgan fingerprint density at radius 1 is 0.880 bits per heavy atom. The average Bonchev–Trinajstić information content (AvgIpc) is 2.64. The highest BCUT2D eigenvalue weighted by atomic mass is 19.1. The predicted octanol–water partition coefficient (Wildman–Crippen LogP) is 2.95. The Labute approximate surface area is 143 Å². The summed E-state index contributed by atoms with van der Waals surface area (Å²) in [6.45, 7) is 1.47. The molecule has 1 aliphatic rings. The second-order valence-electron chi connectivity index (χ2n) is 5.70. The van der Waals surface area contributed by atoms with Gasteiger partial charge in [0.05, 0.1) is 5.69 Å². The fourth-order valence-corrected chi connectivity index (χ4v) is 2.66. The van der Waals surface area contributed by atoms with Crippen molar-refractivity contribution in [2.45, 2.75) is 0 Å². The van der Waals surface area contributed by atoms with Crippen molar-refractivity contribution in [3.8, 4) is 0 Å². The van der Waals surface area contributed by atoms with Gasteiger partial charge in [-0.15, -0.1) is 0 Å². The zero-order valence-electron chi connectivity index (χ0n) is 13.4. The van der Waals surface area contributed by atoms with Crippen molar-refractivity contribution in [1.82, 2.24) is 9.80 Å². The van der Waals surface area contributed by atoms with Crippen LogP contribution in [0, 0.1) is 11.6 Å². The molecule has 5 nitrogen and oxygen atoms in total. The van der Waals surface area contributed by atoms with Gasteiger partial charge in [-0.2, -0.15) is 0 Å². The lowest BCUT2D eigenvalue weighted by Crippen LogP contribution is -2.51. The zero-order valence-corrected chi connectivity index (χ0v) is 13.4. The van der Waals surface area contributed by atoms with E-state index in [9.17, 15) is 18.4 Å². The number of hydrogen-bond acceptors (Lipinski definition) is 2. The molecule has 1 N–H and O–H groups in total. The summed E-state index contributed by atoms with van der Waals surface area (Å²) < 4.78 is 26.5. The number of halogens is 2. The summed E-state index contributed by atoms with van der Waals surface area (Å²) in [7, 11) is 0. The fraction of sp³-hybridized carbons (Fsp3) is 0.222. The molecule has 2 aromatic carbocycles. The number of piperazine rings is 1. The normalized spacial score (nSPS) is 14.3. The summed E-state index contributed by atoms with van der Waals surface area (Å²) in [5, 5.41) is 2.42. The third kappa shape index (κ3) is 3.93. The standard InChI is InChI=1S/C18H17F2N3O2/c19-14-6-7-16(15(20)12-14)21-18(25)23-10-8-22(9-11-23)17(24)13-4-2-1-3-5-13/h1-7,12H,8-11H2,(H,21,25). The van der Waals surface area contributed by atoms with E-state index in [0.29, 0.717) is 37.8 Å². The zero-order chi connectivity index (χ0) is 17.8. The van der Waals surface area contributed by atoms with Gasteiger partial charge in [0.2, 0.25) is 0 Å². The first-order valence-electron chi connectivity index (χ1n) is 7.90. The number of anilines is 1. The van der Waals surface area contributed by atoms with E-state index in [1.807, 2.05) is 6.07 Å². The number of carbonyl (C=O) groups is 2. The van der Waals surface area contributed by atoms with Gasteiger partial charge < -0.3 is 15.1 Å². The molecular weight excluding hydrogens is 328 g/mol. The maximum atomic E-state index is 13.6. The molecule has 1 saturated heterocycles. The molecule has 0 saturated carbocycles. The monoisotopic (exact) mass is 345 g/mol. The topological polar surface area (TPSA) is 52.7 Å². The highest BCUT2D eigenvalue weighted by Gasteiger charge is 2.25. The molecule has 0 spiro atoms. The van der Waals surface area contributed by atoms with Crippen LogP contribution in [0.2, 0.25) is 0 Å². The van der Waals surface area contributed by atoms with E-state index in [-0.39, 0.29) is 11.6 Å². The Kier molecular flexibility index (Phi) is 4.92. The summed E-state index contributed by atoms with van der Waals surface area (Å²) in [6.07, 6.45) is 0. The molecule has 3 rings (SSSR count). The first-order valence-corrected chi connectivity index (χ1v) is 7.90. The van der Waals surface area contributed by atoms with E-state index in [1.54, 1.807) is 29.2 Å². The molecule has 1 aliphatic heterocycles. The van der Waals surface area contributed by atoms with E-state index in [1.165, 1.54) is 11.0 Å². The minimum absolute atomic E-state index is 0.0748. The fourth-order valence-electron chi connectivity index (χ4n) is 2.66. The number of nitrogens with zero attached hydrogens (tertiary/aromatic N) is 2. The van der Waals surface area contributed by atoms with Crippen LogP contribution in [0.4, 0.5) is 19.3 Å². The Morgan fingerprint density at radius 3 is 2.16 bits per heavy atom. The Balaban J connectivity index is 1.56. The highest BCUT2D eigenvalue weighted by Crippen LogP contribution is 2.16. The van der Waals surface area contributed by atoms with Crippen LogP contribution in [0.3, 0.4) is 0 Å². The molecule has 25 heavy (non-hydrogen) atoms. The Morgan fingerprint density at radius 2 is 1.52 bits per heavy atom. The number of urea groups is 1. The molecule has 2 aromatic rings. The molecule has 130 valence electrons. The number of hydrogen-bond donors (Lipinski definition) is 1. The molecule has 0 bridgehead atoms. The van der Waals surface area contributed by atoms with E-state index < -0.39 is 17.7 Å². The lowest BCUT2D eigenvalue weighted by atomic mass is 10.2. The van der Waals surface area contributed by atoms with Gasteiger partial charge in [0.1, 0.15) is 11.6 Å². The number of nitrogens with one attached hydrogen (secondary N) is 1. The van der Waals surface area contributed by atoms with Crippen molar-refractivity contribution in [2.75, 3.05) is 31.5 Å². The van der Waals surface area contributed by atoms with Crippen LogP contribution in [0.25, 0.3) is 0 Å². The van der Waals surface area contributed by atoms with Gasteiger partial charge in [-0.3, -0.25) is 4.79 Å². The largest absolute Gasteiger partial charge is 0.335 e. The lowest BCUT2D eigenvalue weighted by Gasteiger charge is -2.34. The number of benzene rings is 2. The van der Waals surface area contributed by atoms with Crippen molar-refractivity contribution >= 4 is 17.6 Å². The first-order chi connectivity index (χ1) is 12.0. The minimum Gasteiger partial charge on any atom is -0.335 e. The van der Waals surface area contributed by atoms with Crippen LogP contribution in [0.5, 0.6) is 0 Å². The smallest absolute Gasteiger partial charge is 0.322 e. The maximum absolute atomic E-state index is 13.6. The van der Waals surface area contributed by atoms with Gasteiger partial charge in [-0.05, 0) is 24.3 Å². The molecule has 0 radical (unpaired) electrons. The van der Waals surface area contributed by atoms with Crippen LogP contribution < -0.4 is 5.32 Å². The second kappa shape index (κ2) is 7.29. The Hall–Kier alpha value is -2.96. The molecule has 0 aliphatic carbocycles. The molecule has 1 heterocycles. The quantitative estimate of drug-likeness (QED) is 0.910. The van der Waals surface area contributed by atoms with Crippen LogP contribution in [-0.4, -0.2) is 47.9 Å². The van der Waals surface area contributed by atoms with Crippen molar-refractivity contribution < 1.29 is 18.4 Å². The molecule has 0 atom stereocenters. The van der Waals surface area contributed by atoms with Gasteiger partial charge in [-0.1, -0.05) is 18.2 Å². The number of rotatable bonds is 2. The summed E-state index contributed by atoms with van der Waals surface area (Å²) in [5.41, 5.74) is 0.531. The number of carbonyl (C=O) groups excluding carboxylic acids is 2. The van der Waals surface area contributed by atoms with Crippen molar-refractivity contribution in [2.24, 2.45) is 0 Å². The minimum atomic E-state index is -0.828. The van der Waals surface area contributed by atoms with Gasteiger partial charge in [0, 0.05) is 37.8 Å². The van der Waals surface area contributed by atoms with Crippen molar-refractivity contribution in [1.29, 1.82) is 0 Å². The van der Waals surface area contributed by atoms with Crippen LogP contribution in [0.1, 0.15) is 10.4 Å². The van der Waals surface area contributed by atoms with Crippen LogP contribution in [-0.2, 0) is 0 Å². The van der Waals surface area contributed by atoms with E-state index in [4.69, 9.17) is 0 Å². The SMILES string of the molecule is O=C(Nc1ccc(F)cc1F)N1CCN(C(=O)c2ccccc2)CC1. The van der Waals surface area contributed by atoms with E-state index in [0.717, 1.165) is 6.07 Å². The van der Waals surface area contributed by atoms with Crippen molar-refractivity contribution in [3.05, 3.63) is 65.7 Å². The second-order valence-corrected chi connectivity index (χ2v) is 5.70. The third-order valence-corrected chi connectivity index (χ3v) is 4.05. The van der Waals surface area contributed by atoms with Gasteiger partial charge in [-0.25, -0.2) is 13.6 Å².